The zero-order valence-electron chi connectivity index (χ0n) is 14.7. The molecule has 0 radical (unpaired) electrons. The normalized spacial score (nSPS) is 15.4. The molecular weight excluding hydrogens is 314 g/mol. The first-order valence-corrected chi connectivity index (χ1v) is 8.81. The van der Waals surface area contributed by atoms with Crippen molar-refractivity contribution in [3.63, 3.8) is 0 Å². The van der Waals surface area contributed by atoms with Gasteiger partial charge in [-0.15, -0.1) is 0 Å². The molecule has 0 N–H and O–H groups in total. The fraction of sp³-hybridized carbons (Fsp3) is 0.400. The highest BCUT2D eigenvalue weighted by Gasteiger charge is 2.25. The molecule has 1 saturated heterocycles. The first-order valence-electron chi connectivity index (χ1n) is 8.81. The van der Waals surface area contributed by atoms with E-state index in [0.717, 1.165) is 43.8 Å². The monoisotopic (exact) mass is 339 g/mol. The number of likely N-dealkylation sites (N-methyl/N-ethyl adjacent to an activating group) is 1. The van der Waals surface area contributed by atoms with Crippen LogP contribution in [0.5, 0.6) is 5.75 Å². The lowest BCUT2D eigenvalue weighted by molar-refractivity contribution is 0.0633. The summed E-state index contributed by atoms with van der Waals surface area (Å²) in [5.74, 6) is 1.02. The van der Waals surface area contributed by atoms with Crippen molar-refractivity contribution in [2.45, 2.75) is 18.9 Å². The molecule has 1 aliphatic heterocycles. The van der Waals surface area contributed by atoms with Gasteiger partial charge in [0.15, 0.2) is 0 Å². The van der Waals surface area contributed by atoms with Crippen molar-refractivity contribution in [3.05, 3.63) is 60.4 Å². The van der Waals surface area contributed by atoms with Crippen LogP contribution in [0.25, 0.3) is 0 Å². The van der Waals surface area contributed by atoms with Crippen LogP contribution < -0.4 is 4.74 Å². The van der Waals surface area contributed by atoms with Crippen LogP contribution in [0, 0.1) is 0 Å². The van der Waals surface area contributed by atoms with Crippen LogP contribution in [0.3, 0.4) is 0 Å². The molecule has 25 heavy (non-hydrogen) atoms. The van der Waals surface area contributed by atoms with Crippen molar-refractivity contribution in [2.75, 3.05) is 33.3 Å². The van der Waals surface area contributed by atoms with Gasteiger partial charge in [0.1, 0.15) is 12.4 Å². The maximum absolute atomic E-state index is 12.5. The number of piperidine rings is 1. The van der Waals surface area contributed by atoms with E-state index in [1.165, 1.54) is 0 Å². The Labute approximate surface area is 149 Å². The van der Waals surface area contributed by atoms with Crippen LogP contribution in [0.4, 0.5) is 0 Å². The Morgan fingerprint density at radius 1 is 1.16 bits per heavy atom. The molecule has 0 saturated carbocycles. The molecule has 1 aromatic heterocycles. The Kier molecular flexibility index (Phi) is 6.01. The minimum absolute atomic E-state index is 0.107. The van der Waals surface area contributed by atoms with E-state index in [0.29, 0.717) is 12.6 Å². The molecule has 2 heterocycles. The molecule has 0 unspecified atom stereocenters. The van der Waals surface area contributed by atoms with Crippen LogP contribution in [-0.2, 0) is 0 Å². The van der Waals surface area contributed by atoms with Crippen molar-refractivity contribution in [2.24, 2.45) is 0 Å². The number of benzene rings is 1. The number of para-hydroxylation sites is 1. The predicted molar refractivity (Wildman–Crippen MR) is 97.7 cm³/mol. The van der Waals surface area contributed by atoms with Crippen molar-refractivity contribution in [1.29, 1.82) is 0 Å². The Hall–Kier alpha value is -2.40. The Bertz CT molecular complexity index is 655. The van der Waals surface area contributed by atoms with Crippen LogP contribution in [-0.4, -0.2) is 60.0 Å². The average molecular weight is 339 g/mol. The number of carbonyl (C=O) groups is 1. The molecule has 0 atom stereocenters. The SMILES string of the molecule is CN(CCOc1ccccc1)C1CCN(C(=O)c2ccncc2)CC1. The number of hydrogen-bond donors (Lipinski definition) is 0. The zero-order chi connectivity index (χ0) is 17.5. The molecule has 2 aromatic rings. The summed E-state index contributed by atoms with van der Waals surface area (Å²) >= 11 is 0. The van der Waals surface area contributed by atoms with Crippen LogP contribution in [0.1, 0.15) is 23.2 Å². The van der Waals surface area contributed by atoms with Crippen molar-refractivity contribution < 1.29 is 9.53 Å². The number of nitrogens with zero attached hydrogens (tertiary/aromatic N) is 3. The second kappa shape index (κ2) is 8.62. The second-order valence-electron chi connectivity index (χ2n) is 6.40. The summed E-state index contributed by atoms with van der Waals surface area (Å²) in [6.45, 7) is 3.17. The summed E-state index contributed by atoms with van der Waals surface area (Å²) in [6.07, 6.45) is 5.33. The fourth-order valence-electron chi connectivity index (χ4n) is 3.19. The third-order valence-corrected chi connectivity index (χ3v) is 4.76. The van der Waals surface area contributed by atoms with Gasteiger partial charge in [-0.05, 0) is 44.2 Å². The lowest BCUT2D eigenvalue weighted by Crippen LogP contribution is -2.46. The number of hydrogen-bond acceptors (Lipinski definition) is 4. The third kappa shape index (κ3) is 4.79. The molecule has 5 nitrogen and oxygen atoms in total. The maximum Gasteiger partial charge on any atom is 0.253 e. The van der Waals surface area contributed by atoms with E-state index < -0.39 is 0 Å². The Balaban J connectivity index is 1.41. The molecule has 1 aromatic carbocycles. The van der Waals surface area contributed by atoms with Gasteiger partial charge in [-0.25, -0.2) is 0 Å². The van der Waals surface area contributed by atoms with E-state index >= 15 is 0 Å². The molecule has 1 aliphatic rings. The number of amides is 1. The van der Waals surface area contributed by atoms with E-state index in [-0.39, 0.29) is 5.91 Å². The van der Waals surface area contributed by atoms with Gasteiger partial charge in [-0.2, -0.15) is 0 Å². The van der Waals surface area contributed by atoms with E-state index in [2.05, 4.69) is 16.9 Å². The Morgan fingerprint density at radius 2 is 1.84 bits per heavy atom. The van der Waals surface area contributed by atoms with Crippen molar-refractivity contribution in [1.82, 2.24) is 14.8 Å². The van der Waals surface area contributed by atoms with Gasteiger partial charge in [-0.1, -0.05) is 18.2 Å². The largest absolute Gasteiger partial charge is 0.492 e. The van der Waals surface area contributed by atoms with Crippen molar-refractivity contribution >= 4 is 5.91 Å². The standard InChI is InChI=1S/C20H25N3O2/c1-22(15-16-25-19-5-3-2-4-6-19)18-9-13-23(14-10-18)20(24)17-7-11-21-12-8-17/h2-8,11-12,18H,9-10,13-16H2,1H3. The second-order valence-corrected chi connectivity index (χ2v) is 6.40. The van der Waals surface area contributed by atoms with E-state index in [4.69, 9.17) is 4.74 Å². The van der Waals surface area contributed by atoms with Crippen LogP contribution in [0.2, 0.25) is 0 Å². The smallest absolute Gasteiger partial charge is 0.253 e. The van der Waals surface area contributed by atoms with Gasteiger partial charge in [0.25, 0.3) is 5.91 Å². The van der Waals surface area contributed by atoms with Gasteiger partial charge in [0.2, 0.25) is 0 Å². The zero-order valence-corrected chi connectivity index (χ0v) is 14.7. The van der Waals surface area contributed by atoms with E-state index in [1.54, 1.807) is 24.5 Å². The fourth-order valence-corrected chi connectivity index (χ4v) is 3.19. The summed E-state index contributed by atoms with van der Waals surface area (Å²) in [5.41, 5.74) is 0.720. The number of likely N-dealkylation sites (tertiary alicyclic amines) is 1. The van der Waals surface area contributed by atoms with Gasteiger partial charge in [0.05, 0.1) is 0 Å². The number of carbonyl (C=O) groups excluding carboxylic acids is 1. The third-order valence-electron chi connectivity index (χ3n) is 4.76. The minimum atomic E-state index is 0.107. The summed E-state index contributed by atoms with van der Waals surface area (Å²) < 4.78 is 5.77. The number of pyridine rings is 1. The maximum atomic E-state index is 12.5. The molecule has 0 bridgehead atoms. The number of ether oxygens (including phenoxy) is 1. The molecule has 1 fully saturated rings. The quantitative estimate of drug-likeness (QED) is 0.812. The molecule has 0 spiro atoms. The highest BCUT2D eigenvalue weighted by Crippen LogP contribution is 2.17. The van der Waals surface area contributed by atoms with Gasteiger partial charge >= 0.3 is 0 Å². The molecule has 1 amide bonds. The summed E-state index contributed by atoms with van der Waals surface area (Å²) in [7, 11) is 2.14. The van der Waals surface area contributed by atoms with E-state index in [9.17, 15) is 4.79 Å². The first-order chi connectivity index (χ1) is 12.2. The molecule has 5 heteroatoms. The predicted octanol–water partition coefficient (Wildman–Crippen LogP) is 2.70. The lowest BCUT2D eigenvalue weighted by Gasteiger charge is -2.36. The topological polar surface area (TPSA) is 45.7 Å². The minimum Gasteiger partial charge on any atom is -0.492 e. The van der Waals surface area contributed by atoms with Crippen LogP contribution >= 0.6 is 0 Å². The van der Waals surface area contributed by atoms with Crippen molar-refractivity contribution in [3.8, 4) is 5.75 Å². The number of aromatic nitrogens is 1. The van der Waals surface area contributed by atoms with Gasteiger partial charge in [0, 0.05) is 43.6 Å². The number of rotatable bonds is 6. The molecular formula is C20H25N3O2. The molecule has 132 valence electrons. The van der Waals surface area contributed by atoms with Gasteiger partial charge in [-0.3, -0.25) is 14.7 Å². The molecule has 3 rings (SSSR count). The summed E-state index contributed by atoms with van der Waals surface area (Å²) in [6, 6.07) is 14.0. The highest BCUT2D eigenvalue weighted by atomic mass is 16.5. The highest BCUT2D eigenvalue weighted by molar-refractivity contribution is 5.94. The van der Waals surface area contributed by atoms with E-state index in [1.807, 2.05) is 35.2 Å². The van der Waals surface area contributed by atoms with Gasteiger partial charge < -0.3 is 9.64 Å². The lowest BCUT2D eigenvalue weighted by atomic mass is 10.0. The average Bonchev–Trinajstić information content (AvgIpc) is 2.69. The summed E-state index contributed by atoms with van der Waals surface area (Å²) in [5, 5.41) is 0. The van der Waals surface area contributed by atoms with Crippen LogP contribution in [0.15, 0.2) is 54.9 Å². The summed E-state index contributed by atoms with van der Waals surface area (Å²) in [4.78, 5) is 20.7. The Morgan fingerprint density at radius 3 is 2.52 bits per heavy atom. The molecule has 0 aliphatic carbocycles. The first kappa shape index (κ1) is 17.4.